The van der Waals surface area contributed by atoms with E-state index in [1.807, 2.05) is 6.92 Å². The fraction of sp³-hybridized carbons (Fsp3) is 0.316. The summed E-state index contributed by atoms with van der Waals surface area (Å²) in [5.41, 5.74) is 0.787. The second-order valence-electron chi connectivity index (χ2n) is 5.82. The molecule has 1 amide bonds. The molecule has 0 spiro atoms. The van der Waals surface area contributed by atoms with Crippen molar-refractivity contribution in [1.82, 2.24) is 0 Å². The molecule has 0 aromatic heterocycles. The summed E-state index contributed by atoms with van der Waals surface area (Å²) in [5, 5.41) is 2.62. The number of benzene rings is 2. The average Bonchev–Trinajstić information content (AvgIpc) is 2.64. The second kappa shape index (κ2) is 9.64. The van der Waals surface area contributed by atoms with Crippen molar-refractivity contribution in [3.8, 4) is 0 Å². The molecule has 0 aliphatic rings. The smallest absolute Gasteiger partial charge is 0.261 e. The van der Waals surface area contributed by atoms with Gasteiger partial charge in [0.05, 0.1) is 21.5 Å². The summed E-state index contributed by atoms with van der Waals surface area (Å²) in [4.78, 5) is 12.6. The van der Waals surface area contributed by atoms with Crippen LogP contribution in [-0.2, 0) is 14.8 Å². The van der Waals surface area contributed by atoms with Crippen molar-refractivity contribution in [2.75, 3.05) is 15.8 Å². The summed E-state index contributed by atoms with van der Waals surface area (Å²) in [6.45, 7) is 3.97. The number of sulfonamides is 1. The van der Waals surface area contributed by atoms with Crippen molar-refractivity contribution in [2.24, 2.45) is 0 Å². The maximum Gasteiger partial charge on any atom is 0.261 e. The van der Waals surface area contributed by atoms with E-state index in [9.17, 15) is 13.2 Å². The van der Waals surface area contributed by atoms with Gasteiger partial charge in [0.25, 0.3) is 10.0 Å². The number of carbonyl (C=O) groups excluding carboxylic acids is 1. The number of hydrogen-bond acceptors (Lipinski definition) is 4. The third-order valence-corrected chi connectivity index (χ3v) is 6.34. The molecule has 26 heavy (non-hydrogen) atoms. The first-order chi connectivity index (χ1) is 12.4. The minimum Gasteiger partial charge on any atom is -0.323 e. The Bertz CT molecular complexity index is 824. The number of nitrogens with one attached hydrogen (secondary N) is 2. The fourth-order valence-corrected chi connectivity index (χ4v) is 4.32. The highest BCUT2D eigenvalue weighted by atomic mass is 32.2. The van der Waals surface area contributed by atoms with Gasteiger partial charge in [0.2, 0.25) is 5.91 Å². The Kier molecular flexibility index (Phi) is 7.53. The summed E-state index contributed by atoms with van der Waals surface area (Å²) in [7, 11) is -3.72. The number of unbranched alkanes of at least 4 members (excludes halogenated alkanes) is 1. The minimum absolute atomic E-state index is 0.141. The number of amides is 1. The van der Waals surface area contributed by atoms with Crippen LogP contribution < -0.4 is 10.0 Å². The molecule has 140 valence electrons. The van der Waals surface area contributed by atoms with Crippen molar-refractivity contribution in [1.29, 1.82) is 0 Å². The first-order valence-electron chi connectivity index (χ1n) is 8.53. The lowest BCUT2D eigenvalue weighted by Crippen LogP contribution is -2.24. The highest BCUT2D eigenvalue weighted by Crippen LogP contribution is 2.25. The molecule has 0 fully saturated rings. The molecule has 0 heterocycles. The Morgan fingerprint density at radius 1 is 1.04 bits per heavy atom. The molecule has 1 atom stereocenters. The first kappa shape index (κ1) is 20.3. The van der Waals surface area contributed by atoms with E-state index < -0.39 is 10.0 Å². The van der Waals surface area contributed by atoms with Gasteiger partial charge in [-0.1, -0.05) is 43.7 Å². The van der Waals surface area contributed by atoms with Crippen LogP contribution in [0.25, 0.3) is 0 Å². The van der Waals surface area contributed by atoms with Gasteiger partial charge in [0.15, 0.2) is 0 Å². The predicted octanol–water partition coefficient (Wildman–Crippen LogP) is 4.35. The molecule has 2 rings (SSSR count). The van der Waals surface area contributed by atoms with Crippen molar-refractivity contribution >= 4 is 39.1 Å². The Balaban J connectivity index is 2.12. The highest BCUT2D eigenvalue weighted by molar-refractivity contribution is 8.00. The molecule has 7 heteroatoms. The quantitative estimate of drug-likeness (QED) is 0.622. The van der Waals surface area contributed by atoms with E-state index in [4.69, 9.17) is 0 Å². The monoisotopic (exact) mass is 392 g/mol. The number of para-hydroxylation sites is 2. The van der Waals surface area contributed by atoms with Crippen LogP contribution in [0.1, 0.15) is 26.7 Å². The highest BCUT2D eigenvalue weighted by Gasteiger charge is 2.18. The molecule has 0 saturated heterocycles. The van der Waals surface area contributed by atoms with Crippen LogP contribution in [0.2, 0.25) is 0 Å². The van der Waals surface area contributed by atoms with Gasteiger partial charge in [-0.05, 0) is 43.4 Å². The van der Waals surface area contributed by atoms with Crippen molar-refractivity contribution in [3.63, 3.8) is 0 Å². The molecular formula is C19H24N2O3S2. The second-order valence-corrected chi connectivity index (χ2v) is 8.95. The van der Waals surface area contributed by atoms with Crippen LogP contribution in [-0.4, -0.2) is 25.3 Å². The van der Waals surface area contributed by atoms with Crippen LogP contribution >= 0.6 is 11.8 Å². The Hall–Kier alpha value is -1.99. The van der Waals surface area contributed by atoms with Gasteiger partial charge in [0, 0.05) is 0 Å². The number of rotatable bonds is 9. The predicted molar refractivity (Wildman–Crippen MR) is 109 cm³/mol. The van der Waals surface area contributed by atoms with Crippen LogP contribution in [0.15, 0.2) is 59.5 Å². The van der Waals surface area contributed by atoms with E-state index in [1.54, 1.807) is 54.2 Å². The summed E-state index contributed by atoms with van der Waals surface area (Å²) < 4.78 is 27.6. The maximum absolute atomic E-state index is 12.5. The van der Waals surface area contributed by atoms with Crippen molar-refractivity contribution in [3.05, 3.63) is 54.6 Å². The maximum atomic E-state index is 12.5. The molecule has 0 saturated carbocycles. The van der Waals surface area contributed by atoms with Gasteiger partial charge in [0.1, 0.15) is 0 Å². The Labute approximate surface area is 159 Å². The van der Waals surface area contributed by atoms with Gasteiger partial charge >= 0.3 is 0 Å². The van der Waals surface area contributed by atoms with Crippen LogP contribution in [0, 0.1) is 0 Å². The summed E-state index contributed by atoms with van der Waals surface area (Å²) in [6, 6.07) is 14.9. The first-order valence-corrected chi connectivity index (χ1v) is 11.1. The van der Waals surface area contributed by atoms with Crippen LogP contribution in [0.5, 0.6) is 0 Å². The minimum atomic E-state index is -3.72. The normalized spacial score (nSPS) is 12.4. The lowest BCUT2D eigenvalue weighted by molar-refractivity contribution is -0.115. The molecule has 2 N–H and O–H groups in total. The molecule has 0 radical (unpaired) electrons. The summed E-state index contributed by atoms with van der Waals surface area (Å²) in [6.07, 6.45) is 2.15. The number of hydrogen-bond donors (Lipinski definition) is 2. The molecule has 2 aromatic carbocycles. The van der Waals surface area contributed by atoms with E-state index in [1.165, 1.54) is 12.1 Å². The third kappa shape index (κ3) is 5.78. The topological polar surface area (TPSA) is 75.3 Å². The van der Waals surface area contributed by atoms with E-state index in [0.29, 0.717) is 11.4 Å². The fourth-order valence-electron chi connectivity index (χ4n) is 2.20. The molecule has 0 aliphatic heterocycles. The molecule has 2 aromatic rings. The third-order valence-electron chi connectivity index (χ3n) is 3.72. The van der Waals surface area contributed by atoms with Crippen molar-refractivity contribution < 1.29 is 13.2 Å². The van der Waals surface area contributed by atoms with Gasteiger partial charge in [-0.25, -0.2) is 8.42 Å². The van der Waals surface area contributed by atoms with E-state index in [0.717, 1.165) is 18.6 Å². The molecule has 0 bridgehead atoms. The average molecular weight is 393 g/mol. The number of carbonyl (C=O) groups is 1. The Morgan fingerprint density at radius 2 is 1.65 bits per heavy atom. The Morgan fingerprint density at radius 3 is 2.31 bits per heavy atom. The van der Waals surface area contributed by atoms with Gasteiger partial charge in [-0.2, -0.15) is 0 Å². The number of thioether (sulfide) groups is 1. The van der Waals surface area contributed by atoms with Gasteiger partial charge in [-0.15, -0.1) is 11.8 Å². The largest absolute Gasteiger partial charge is 0.323 e. The zero-order valence-electron chi connectivity index (χ0n) is 14.9. The lowest BCUT2D eigenvalue weighted by Gasteiger charge is -2.16. The summed E-state index contributed by atoms with van der Waals surface area (Å²) >= 11 is 1.59. The van der Waals surface area contributed by atoms with E-state index in [-0.39, 0.29) is 16.1 Å². The molecule has 0 aliphatic carbocycles. The van der Waals surface area contributed by atoms with E-state index >= 15 is 0 Å². The van der Waals surface area contributed by atoms with Gasteiger partial charge in [-0.3, -0.25) is 9.52 Å². The number of anilines is 2. The zero-order valence-corrected chi connectivity index (χ0v) is 16.6. The lowest BCUT2D eigenvalue weighted by atomic mass is 10.2. The molecule has 5 nitrogen and oxygen atoms in total. The molecule has 1 unspecified atom stereocenters. The van der Waals surface area contributed by atoms with Gasteiger partial charge < -0.3 is 5.32 Å². The van der Waals surface area contributed by atoms with Crippen LogP contribution in [0.4, 0.5) is 11.4 Å². The SMILES string of the molecule is CCCCSC(C)C(=O)Nc1ccccc1NS(=O)(=O)c1ccccc1. The summed E-state index contributed by atoms with van der Waals surface area (Å²) in [5.74, 6) is 0.783. The van der Waals surface area contributed by atoms with Crippen LogP contribution in [0.3, 0.4) is 0 Å². The zero-order chi connectivity index (χ0) is 19.0. The van der Waals surface area contributed by atoms with E-state index in [2.05, 4.69) is 17.0 Å². The van der Waals surface area contributed by atoms with Crippen molar-refractivity contribution in [2.45, 2.75) is 36.8 Å². The standard InChI is InChI=1S/C19H24N2O3S2/c1-3-4-14-25-15(2)19(22)20-17-12-8-9-13-18(17)21-26(23,24)16-10-6-5-7-11-16/h5-13,15,21H,3-4,14H2,1-2H3,(H,20,22). The molecular weight excluding hydrogens is 368 g/mol.